The number of hydrogen-bond donors (Lipinski definition) is 0. The molecule has 1 aliphatic heterocycles. The van der Waals surface area contributed by atoms with E-state index >= 15 is 0 Å². The molecular formula is C5H8O2S. The van der Waals surface area contributed by atoms with Crippen molar-refractivity contribution in [2.75, 3.05) is 13.2 Å². The molecule has 0 amide bonds. The summed E-state index contributed by atoms with van der Waals surface area (Å²) in [7, 11) is 0. The van der Waals surface area contributed by atoms with Crippen LogP contribution in [-0.4, -0.2) is 18.5 Å². The Bertz CT molecular complexity index is 82.4. The van der Waals surface area contributed by atoms with Crippen molar-refractivity contribution in [1.29, 1.82) is 0 Å². The van der Waals surface area contributed by atoms with E-state index in [1.165, 1.54) is 0 Å². The van der Waals surface area contributed by atoms with Crippen LogP contribution in [0, 0.1) is 0 Å². The number of hydrogen-bond acceptors (Lipinski definition) is 3. The van der Waals surface area contributed by atoms with E-state index in [2.05, 4.69) is 12.2 Å². The van der Waals surface area contributed by atoms with E-state index in [0.29, 0.717) is 5.24 Å². The lowest BCUT2D eigenvalue weighted by Crippen LogP contribution is -2.02. The molecule has 0 saturated carbocycles. The highest BCUT2D eigenvalue weighted by Crippen LogP contribution is 1.99. The van der Waals surface area contributed by atoms with Gasteiger partial charge in [-0.25, -0.2) is 0 Å². The van der Waals surface area contributed by atoms with E-state index in [1.807, 2.05) is 0 Å². The van der Waals surface area contributed by atoms with E-state index in [-0.39, 0.29) is 0 Å². The number of rotatable bonds is 0. The maximum absolute atomic E-state index is 4.91. The van der Waals surface area contributed by atoms with Crippen molar-refractivity contribution in [2.24, 2.45) is 0 Å². The van der Waals surface area contributed by atoms with Gasteiger partial charge in [-0.2, -0.15) is 0 Å². The fourth-order valence-electron chi connectivity index (χ4n) is 0.557. The first-order valence-electron chi connectivity index (χ1n) is 2.69. The molecule has 3 heteroatoms. The highest BCUT2D eigenvalue weighted by molar-refractivity contribution is 7.79. The Balaban J connectivity index is 2.27. The molecule has 0 aromatic heterocycles. The number of thiocarbonyl (C=S) groups is 1. The van der Waals surface area contributed by atoms with Gasteiger partial charge < -0.3 is 9.47 Å². The van der Waals surface area contributed by atoms with E-state index in [9.17, 15) is 0 Å². The molecule has 0 spiro atoms. The van der Waals surface area contributed by atoms with Gasteiger partial charge in [0.1, 0.15) is 0 Å². The molecule has 0 aromatic carbocycles. The fraction of sp³-hybridized carbons (Fsp3) is 0.800. The Labute approximate surface area is 53.8 Å². The minimum absolute atomic E-state index is 0.308. The van der Waals surface area contributed by atoms with Crippen LogP contribution in [0.4, 0.5) is 0 Å². The van der Waals surface area contributed by atoms with Crippen LogP contribution in [0.3, 0.4) is 0 Å². The quantitative estimate of drug-likeness (QED) is 0.460. The van der Waals surface area contributed by atoms with Gasteiger partial charge in [0, 0.05) is 12.2 Å². The molecule has 1 saturated heterocycles. The first-order chi connectivity index (χ1) is 3.89. The normalized spacial score (nSPS) is 20.8. The van der Waals surface area contributed by atoms with Crippen LogP contribution in [0.1, 0.15) is 12.8 Å². The van der Waals surface area contributed by atoms with Crippen LogP contribution >= 0.6 is 12.2 Å². The van der Waals surface area contributed by atoms with Gasteiger partial charge in [0.15, 0.2) is 0 Å². The predicted octanol–water partition coefficient (Wildman–Crippen LogP) is 1.10. The Hall–Kier alpha value is -0.310. The van der Waals surface area contributed by atoms with Crippen LogP contribution < -0.4 is 0 Å². The van der Waals surface area contributed by atoms with Crippen LogP contribution in [0.15, 0.2) is 0 Å². The summed E-state index contributed by atoms with van der Waals surface area (Å²) in [5.74, 6) is 0. The molecule has 1 aliphatic rings. The monoisotopic (exact) mass is 132 g/mol. The van der Waals surface area contributed by atoms with Gasteiger partial charge in [0.05, 0.1) is 13.2 Å². The molecule has 46 valence electrons. The minimum Gasteiger partial charge on any atom is -0.457 e. The van der Waals surface area contributed by atoms with E-state index in [4.69, 9.17) is 9.47 Å². The smallest absolute Gasteiger partial charge is 0.352 e. The molecule has 1 fully saturated rings. The lowest BCUT2D eigenvalue weighted by Gasteiger charge is -1.99. The SMILES string of the molecule is S=C1OCCCCO1. The average molecular weight is 132 g/mol. The second-order valence-corrected chi connectivity index (χ2v) is 1.99. The van der Waals surface area contributed by atoms with Crippen LogP contribution in [0.5, 0.6) is 0 Å². The highest BCUT2D eigenvalue weighted by Gasteiger charge is 2.02. The van der Waals surface area contributed by atoms with Crippen molar-refractivity contribution in [3.05, 3.63) is 0 Å². The van der Waals surface area contributed by atoms with E-state index in [0.717, 1.165) is 26.1 Å². The van der Waals surface area contributed by atoms with Gasteiger partial charge in [0.2, 0.25) is 0 Å². The summed E-state index contributed by atoms with van der Waals surface area (Å²) in [4.78, 5) is 0. The molecular weight excluding hydrogens is 124 g/mol. The van der Waals surface area contributed by atoms with Crippen molar-refractivity contribution in [3.63, 3.8) is 0 Å². The highest BCUT2D eigenvalue weighted by atomic mass is 32.1. The average Bonchev–Trinajstić information content (AvgIpc) is 1.94. The van der Waals surface area contributed by atoms with E-state index < -0.39 is 0 Å². The third kappa shape index (κ3) is 1.66. The Morgan fingerprint density at radius 1 is 1.12 bits per heavy atom. The lowest BCUT2D eigenvalue weighted by atomic mass is 10.3. The summed E-state index contributed by atoms with van der Waals surface area (Å²) in [5.41, 5.74) is 0. The summed E-state index contributed by atoms with van der Waals surface area (Å²) in [5, 5.41) is 0.308. The van der Waals surface area contributed by atoms with Gasteiger partial charge >= 0.3 is 5.24 Å². The molecule has 8 heavy (non-hydrogen) atoms. The Morgan fingerprint density at radius 3 is 2.12 bits per heavy atom. The molecule has 0 N–H and O–H groups in total. The summed E-state index contributed by atoms with van der Waals surface area (Å²) >= 11 is 4.65. The maximum atomic E-state index is 4.91. The van der Waals surface area contributed by atoms with Crippen molar-refractivity contribution in [3.8, 4) is 0 Å². The molecule has 0 atom stereocenters. The second-order valence-electron chi connectivity index (χ2n) is 1.65. The molecule has 1 rings (SSSR count). The first-order valence-corrected chi connectivity index (χ1v) is 3.10. The van der Waals surface area contributed by atoms with Crippen LogP contribution in [-0.2, 0) is 9.47 Å². The molecule has 2 nitrogen and oxygen atoms in total. The zero-order valence-electron chi connectivity index (χ0n) is 4.55. The fourth-order valence-corrected chi connectivity index (χ4v) is 0.723. The van der Waals surface area contributed by atoms with Gasteiger partial charge in [0.25, 0.3) is 0 Å². The second kappa shape index (κ2) is 2.87. The van der Waals surface area contributed by atoms with E-state index in [1.54, 1.807) is 0 Å². The molecule has 0 radical (unpaired) electrons. The van der Waals surface area contributed by atoms with Gasteiger partial charge in [-0.1, -0.05) is 0 Å². The van der Waals surface area contributed by atoms with Crippen LogP contribution in [0.25, 0.3) is 0 Å². The van der Waals surface area contributed by atoms with Crippen molar-refractivity contribution < 1.29 is 9.47 Å². The zero-order valence-corrected chi connectivity index (χ0v) is 5.37. The number of ether oxygens (including phenoxy) is 2. The largest absolute Gasteiger partial charge is 0.457 e. The third-order valence-electron chi connectivity index (χ3n) is 0.979. The topological polar surface area (TPSA) is 18.5 Å². The molecule has 0 aromatic rings. The summed E-state index contributed by atoms with van der Waals surface area (Å²) < 4.78 is 9.82. The van der Waals surface area contributed by atoms with Gasteiger partial charge in [-0.3, -0.25) is 0 Å². The zero-order chi connectivity index (χ0) is 5.82. The Morgan fingerprint density at radius 2 is 1.62 bits per heavy atom. The molecule has 0 aliphatic carbocycles. The van der Waals surface area contributed by atoms with Crippen molar-refractivity contribution >= 4 is 17.5 Å². The summed E-state index contributed by atoms with van der Waals surface area (Å²) in [6.45, 7) is 1.44. The van der Waals surface area contributed by atoms with Crippen LogP contribution in [0.2, 0.25) is 0 Å². The standard InChI is InChI=1S/C5H8O2S/c8-5-6-3-1-2-4-7-5/h1-4H2. The predicted molar refractivity (Wildman–Crippen MR) is 33.7 cm³/mol. The van der Waals surface area contributed by atoms with Crippen molar-refractivity contribution in [1.82, 2.24) is 0 Å². The lowest BCUT2D eigenvalue weighted by molar-refractivity contribution is 0.215. The maximum Gasteiger partial charge on any atom is 0.352 e. The third-order valence-corrected chi connectivity index (χ3v) is 1.21. The van der Waals surface area contributed by atoms with Crippen molar-refractivity contribution in [2.45, 2.75) is 12.8 Å². The Kier molecular flexibility index (Phi) is 2.09. The molecule has 1 heterocycles. The molecule has 0 bridgehead atoms. The summed E-state index contributed by atoms with van der Waals surface area (Å²) in [6.07, 6.45) is 2.11. The first kappa shape index (κ1) is 5.82. The van der Waals surface area contributed by atoms with Gasteiger partial charge in [-0.15, -0.1) is 0 Å². The summed E-state index contributed by atoms with van der Waals surface area (Å²) in [6, 6.07) is 0. The van der Waals surface area contributed by atoms with Gasteiger partial charge in [-0.05, 0) is 12.8 Å². The molecule has 0 unspecified atom stereocenters. The minimum atomic E-state index is 0.308.